The van der Waals surface area contributed by atoms with Crippen molar-refractivity contribution in [3.63, 3.8) is 0 Å². The molecule has 0 unspecified atom stereocenters. The monoisotopic (exact) mass is 1710 g/mol. The Kier molecular flexibility index (Phi) is 19.4. The average molecular weight is 1710 g/mol. The second kappa shape index (κ2) is 30.7. The molecular formula is C126H112BN3O2. The molecule has 0 saturated carbocycles. The third kappa shape index (κ3) is 14.2. The third-order valence-electron chi connectivity index (χ3n) is 28.2. The second-order valence-electron chi connectivity index (χ2n) is 43.3. The van der Waals surface area contributed by atoms with Crippen LogP contribution in [0.15, 0.2) is 361 Å². The van der Waals surface area contributed by atoms with E-state index >= 15 is 0 Å². The van der Waals surface area contributed by atoms with Gasteiger partial charge in [0.2, 0.25) is 0 Å². The van der Waals surface area contributed by atoms with E-state index in [9.17, 15) is 0 Å². The zero-order chi connectivity index (χ0) is 91.1. The van der Waals surface area contributed by atoms with E-state index in [0.29, 0.717) is 0 Å². The molecule has 0 bridgehead atoms. The van der Waals surface area contributed by atoms with Gasteiger partial charge in [-0.1, -0.05) is 355 Å². The van der Waals surface area contributed by atoms with E-state index in [1.165, 1.54) is 60.5 Å². The highest BCUT2D eigenvalue weighted by molar-refractivity contribution is 7.00. The Labute approximate surface area is 777 Å². The van der Waals surface area contributed by atoms with Crippen LogP contribution in [0.5, 0.6) is 0 Å². The van der Waals surface area contributed by atoms with Crippen molar-refractivity contribution in [2.24, 2.45) is 0 Å². The van der Waals surface area contributed by atoms with Crippen LogP contribution in [0, 0.1) is 0 Å². The lowest BCUT2D eigenvalue weighted by atomic mass is 9.33. The van der Waals surface area contributed by atoms with Crippen LogP contribution < -0.4 is 26.2 Å². The lowest BCUT2D eigenvalue weighted by Crippen LogP contribution is -2.61. The summed E-state index contributed by atoms with van der Waals surface area (Å²) < 4.78 is 16.8. The Hall–Kier alpha value is -14.2. The zero-order valence-electron chi connectivity index (χ0n) is 79.2. The number of nitrogens with zero attached hydrogens (tertiary/aromatic N) is 3. The Morgan fingerprint density at radius 3 is 1.03 bits per heavy atom. The Balaban J connectivity index is 0.967. The van der Waals surface area contributed by atoms with Crippen molar-refractivity contribution >= 4 is 123 Å². The molecule has 5 nitrogen and oxygen atoms in total. The lowest BCUT2D eigenvalue weighted by molar-refractivity contribution is 0.569. The lowest BCUT2D eigenvalue weighted by Gasteiger charge is -2.46. The van der Waals surface area contributed by atoms with Crippen molar-refractivity contribution in [3.05, 3.63) is 385 Å². The fourth-order valence-corrected chi connectivity index (χ4v) is 20.9. The first-order valence-electron chi connectivity index (χ1n) is 47.1. The van der Waals surface area contributed by atoms with Gasteiger partial charge in [-0.05, 0) is 270 Å². The molecule has 0 radical (unpaired) electrons. The minimum Gasteiger partial charge on any atom is -0.456 e. The Morgan fingerprint density at radius 2 is 0.583 bits per heavy atom. The minimum atomic E-state index is -0.410. The summed E-state index contributed by atoms with van der Waals surface area (Å²) in [5, 5.41) is 6.71. The number of aromatic nitrogens is 1. The molecule has 2 aliphatic heterocycles. The average Bonchev–Trinajstić information content (AvgIpc) is 0.706. The van der Waals surface area contributed by atoms with Crippen molar-refractivity contribution in [3.8, 4) is 94.7 Å². The third-order valence-corrected chi connectivity index (χ3v) is 28.2. The highest BCUT2D eigenvalue weighted by Crippen LogP contribution is 2.58. The van der Waals surface area contributed by atoms with E-state index in [2.05, 4.69) is 491 Å². The normalized spacial score (nSPS) is 13.2. The van der Waals surface area contributed by atoms with Crippen LogP contribution in [0.4, 0.5) is 34.1 Å². The number of hydrogen-bond donors (Lipinski definition) is 0. The van der Waals surface area contributed by atoms with Crippen LogP contribution in [0.2, 0.25) is 0 Å². The van der Waals surface area contributed by atoms with E-state index in [0.717, 1.165) is 184 Å². The maximum atomic E-state index is 7.10. The maximum Gasteiger partial charge on any atom is 0.252 e. The van der Waals surface area contributed by atoms with Gasteiger partial charge >= 0.3 is 0 Å². The summed E-state index contributed by atoms with van der Waals surface area (Å²) in [4.78, 5) is 5.54. The number of rotatable bonds is 11. The molecule has 0 atom stereocenters. The van der Waals surface area contributed by atoms with Gasteiger partial charge in [0, 0.05) is 83.0 Å². The number of para-hydroxylation sites is 2. The van der Waals surface area contributed by atoms with Gasteiger partial charge in [-0.25, -0.2) is 0 Å². The molecule has 3 aromatic heterocycles. The molecule has 0 amide bonds. The topological polar surface area (TPSA) is 37.7 Å². The molecule has 0 fully saturated rings. The summed E-state index contributed by atoms with van der Waals surface area (Å²) in [6.45, 7) is 42.2. The molecule has 2 aliphatic rings. The fourth-order valence-electron chi connectivity index (χ4n) is 20.9. The summed E-state index contributed by atoms with van der Waals surface area (Å²) in [7, 11) is 0. The van der Waals surface area contributed by atoms with E-state index < -0.39 is 6.71 Å². The summed E-state index contributed by atoms with van der Waals surface area (Å²) >= 11 is 0. The molecule has 22 rings (SSSR count). The van der Waals surface area contributed by atoms with Crippen LogP contribution in [0.1, 0.15) is 158 Å². The second-order valence-corrected chi connectivity index (χ2v) is 43.3. The van der Waals surface area contributed by atoms with Gasteiger partial charge in [0.1, 0.15) is 22.3 Å². The molecule has 0 saturated heterocycles. The molecule has 132 heavy (non-hydrogen) atoms. The molecule has 6 heteroatoms. The number of furan rings is 2. The Bertz CT molecular complexity index is 7700. The first-order valence-corrected chi connectivity index (χ1v) is 47.1. The highest BCUT2D eigenvalue weighted by Gasteiger charge is 2.47. The standard InChI is InChI=1S/C126H112BN3O2/c1-121(2,3)87-54-59-106-100(70-87)101-71-88(122(4,5)6)55-60-107(101)128(106)93-56-57-104-109(76-93)130(119-98(79-41-27-21-28-42-79)72-91(125(13,14)15)73-99(119)80-43-29-22-30-44-80)111-68-86(85-64-89(123(7,8)9)69-90(65-85)124(10,11)12)67-110-118(111)127(104)105-66-81(84-62-82(77-37-23-19-24-38-77)61-83(63-84)78-39-25-20-26-40-78)53-58-108(105)129(110)120-102(94-47-35-51-114-116(94)96-45-31-33-49-112(96)131-114)74-92(126(16,17)18)75-103(120)95-48-36-52-115-117(95)97-46-32-34-50-113(97)132-115/h19-76H,1-18H3. The number of anilines is 6. The largest absolute Gasteiger partial charge is 0.456 e. The van der Waals surface area contributed by atoms with Crippen LogP contribution in [-0.4, -0.2) is 11.3 Å². The molecule has 0 spiro atoms. The minimum absolute atomic E-state index is 0.107. The van der Waals surface area contributed by atoms with Gasteiger partial charge in [-0.2, -0.15) is 0 Å². The van der Waals surface area contributed by atoms with Crippen LogP contribution >= 0.6 is 0 Å². The van der Waals surface area contributed by atoms with Gasteiger partial charge in [0.05, 0.1) is 22.4 Å². The molecule has 646 valence electrons. The van der Waals surface area contributed by atoms with E-state index in [1.54, 1.807) is 0 Å². The quantitative estimate of drug-likeness (QED) is 0.121. The van der Waals surface area contributed by atoms with E-state index in [-0.39, 0.29) is 32.5 Å². The summed E-state index contributed by atoms with van der Waals surface area (Å²) in [6, 6.07) is 135. The van der Waals surface area contributed by atoms with E-state index in [1.807, 2.05) is 0 Å². The predicted molar refractivity (Wildman–Crippen MR) is 565 cm³/mol. The maximum absolute atomic E-state index is 7.10. The van der Waals surface area contributed by atoms with Gasteiger partial charge in [-0.15, -0.1) is 0 Å². The smallest absolute Gasteiger partial charge is 0.252 e. The van der Waals surface area contributed by atoms with Crippen molar-refractivity contribution in [1.82, 2.24) is 4.57 Å². The molecular weight excluding hydrogens is 1600 g/mol. The number of hydrogen-bond acceptors (Lipinski definition) is 4. The van der Waals surface area contributed by atoms with Crippen LogP contribution in [-0.2, 0) is 32.5 Å². The number of fused-ring (bicyclic) bond motifs is 13. The highest BCUT2D eigenvalue weighted by atomic mass is 16.3. The van der Waals surface area contributed by atoms with Gasteiger partial charge in [0.15, 0.2) is 0 Å². The summed E-state index contributed by atoms with van der Waals surface area (Å²) in [5.41, 5.74) is 40.8. The molecule has 17 aromatic carbocycles. The summed E-state index contributed by atoms with van der Waals surface area (Å²) in [6.07, 6.45) is 0. The fraction of sp³-hybridized carbons (Fsp3) is 0.190. The van der Waals surface area contributed by atoms with Crippen LogP contribution in [0.3, 0.4) is 0 Å². The van der Waals surface area contributed by atoms with Crippen LogP contribution in [0.25, 0.3) is 160 Å². The molecule has 0 aliphatic carbocycles. The number of benzene rings is 17. The van der Waals surface area contributed by atoms with E-state index in [4.69, 9.17) is 8.83 Å². The predicted octanol–water partition coefficient (Wildman–Crippen LogP) is 33.8. The zero-order valence-corrected chi connectivity index (χ0v) is 79.2. The Morgan fingerprint density at radius 1 is 0.212 bits per heavy atom. The van der Waals surface area contributed by atoms with Crippen molar-refractivity contribution < 1.29 is 8.83 Å². The van der Waals surface area contributed by atoms with Crippen molar-refractivity contribution in [2.75, 3.05) is 9.80 Å². The molecule has 0 N–H and O–H groups in total. The SMILES string of the molecule is CC(C)(C)c1cc(-c2cc3c4c(c2)N(c2c(-c5cccc6oc7ccccc7c56)cc(C(C)(C)C)cc2-c2cccc5oc6ccccc6c25)c2ccc(-c5cc(-c6ccccc6)cc(-c6ccccc6)c5)cc2B4c2ccc(-n4c5ccc(C(C)(C)C)cc5c5cc(C(C)(C)C)ccc54)cc2N3c2c(-c3ccccc3)cc(C(C)(C)C)cc2-c2ccccc2)cc(C(C)(C)C)c1. The van der Waals surface area contributed by atoms with Crippen molar-refractivity contribution in [1.29, 1.82) is 0 Å². The summed E-state index contributed by atoms with van der Waals surface area (Å²) in [5.74, 6) is 0. The molecule has 5 heterocycles. The first-order chi connectivity index (χ1) is 63.2. The van der Waals surface area contributed by atoms with Crippen molar-refractivity contribution in [2.45, 2.75) is 157 Å². The molecule has 20 aromatic rings. The van der Waals surface area contributed by atoms with Gasteiger partial charge in [0.25, 0.3) is 6.71 Å². The van der Waals surface area contributed by atoms with Gasteiger partial charge < -0.3 is 23.2 Å². The van der Waals surface area contributed by atoms with Gasteiger partial charge in [-0.3, -0.25) is 0 Å². The first kappa shape index (κ1) is 83.4.